The van der Waals surface area contributed by atoms with Crippen LogP contribution in [-0.2, 0) is 9.59 Å². The minimum atomic E-state index is -0.747. The molecular formula is C18H34O5. The summed E-state index contributed by atoms with van der Waals surface area (Å²) in [6.07, 6.45) is 5.58. The predicted molar refractivity (Wildman–Crippen MR) is 90.1 cm³/mol. The summed E-state index contributed by atoms with van der Waals surface area (Å²) in [6.45, 7) is 6.07. The maximum atomic E-state index is 10.7. The Morgan fingerprint density at radius 1 is 1.00 bits per heavy atom. The Kier molecular flexibility index (Phi) is 12.0. The maximum absolute atomic E-state index is 10.7. The van der Waals surface area contributed by atoms with Crippen LogP contribution in [-0.4, -0.2) is 40.3 Å². The van der Waals surface area contributed by atoms with E-state index in [1.54, 1.807) is 0 Å². The monoisotopic (exact) mass is 330 g/mol. The standard InChI is InChI=1S/C18H34O5/c1-13(8-14(2)9-15(3)10-18(22)23)6-4-5-7-17(21)16(11-19)12-20/h11,13-17,20-21H,4-10,12H2,1-3H3,(H,22,23). The van der Waals surface area contributed by atoms with Gasteiger partial charge in [-0.25, -0.2) is 0 Å². The molecule has 0 radical (unpaired) electrons. The van der Waals surface area contributed by atoms with Gasteiger partial charge in [-0.3, -0.25) is 4.79 Å². The summed E-state index contributed by atoms with van der Waals surface area (Å²) < 4.78 is 0. The number of aliphatic hydroxyl groups is 2. The van der Waals surface area contributed by atoms with Crippen LogP contribution in [0.1, 0.15) is 65.7 Å². The third-order valence-corrected chi connectivity index (χ3v) is 4.46. The lowest BCUT2D eigenvalue weighted by atomic mass is 9.86. The second kappa shape index (κ2) is 12.5. The largest absolute Gasteiger partial charge is 0.481 e. The highest BCUT2D eigenvalue weighted by Gasteiger charge is 2.18. The number of hydrogen-bond donors (Lipinski definition) is 3. The molecule has 5 nitrogen and oxygen atoms in total. The van der Waals surface area contributed by atoms with Crippen molar-refractivity contribution in [2.45, 2.75) is 71.8 Å². The Balaban J connectivity index is 3.83. The number of carboxylic acids is 1. The molecule has 0 aromatic rings. The number of carboxylic acid groups (broad SMARTS) is 1. The third kappa shape index (κ3) is 11.3. The molecular weight excluding hydrogens is 296 g/mol. The van der Waals surface area contributed by atoms with Gasteiger partial charge in [-0.1, -0.05) is 40.0 Å². The maximum Gasteiger partial charge on any atom is 0.303 e. The molecule has 0 rings (SSSR count). The summed E-state index contributed by atoms with van der Waals surface area (Å²) >= 11 is 0. The minimum Gasteiger partial charge on any atom is -0.481 e. The van der Waals surface area contributed by atoms with E-state index in [0.29, 0.717) is 24.5 Å². The number of aliphatic hydroxyl groups excluding tert-OH is 2. The molecule has 0 aliphatic carbocycles. The van der Waals surface area contributed by atoms with E-state index < -0.39 is 18.0 Å². The van der Waals surface area contributed by atoms with Crippen molar-refractivity contribution in [2.75, 3.05) is 6.61 Å². The zero-order valence-electron chi connectivity index (χ0n) is 14.8. The van der Waals surface area contributed by atoms with E-state index in [1.807, 2.05) is 6.92 Å². The molecule has 0 aliphatic heterocycles. The van der Waals surface area contributed by atoms with Gasteiger partial charge in [0.1, 0.15) is 6.29 Å². The number of rotatable bonds is 14. The summed E-state index contributed by atoms with van der Waals surface area (Å²) in [5.74, 6) is -0.0998. The molecule has 3 N–H and O–H groups in total. The molecule has 5 unspecified atom stereocenters. The zero-order valence-corrected chi connectivity index (χ0v) is 14.8. The molecule has 136 valence electrons. The summed E-state index contributed by atoms with van der Waals surface area (Å²) in [5, 5.41) is 27.5. The average Bonchev–Trinajstić information content (AvgIpc) is 2.43. The van der Waals surface area contributed by atoms with Crippen molar-refractivity contribution in [3.05, 3.63) is 0 Å². The average molecular weight is 330 g/mol. The topological polar surface area (TPSA) is 94.8 Å². The van der Waals surface area contributed by atoms with Gasteiger partial charge in [-0.05, 0) is 37.0 Å². The van der Waals surface area contributed by atoms with Crippen LogP contribution in [0.4, 0.5) is 0 Å². The minimum absolute atomic E-state index is 0.212. The lowest BCUT2D eigenvalue weighted by Gasteiger charge is -2.20. The Bertz CT molecular complexity index is 331. The van der Waals surface area contributed by atoms with Crippen molar-refractivity contribution in [1.29, 1.82) is 0 Å². The Morgan fingerprint density at radius 3 is 2.09 bits per heavy atom. The first kappa shape index (κ1) is 22.1. The van der Waals surface area contributed by atoms with Crippen molar-refractivity contribution in [3.8, 4) is 0 Å². The van der Waals surface area contributed by atoms with E-state index >= 15 is 0 Å². The van der Waals surface area contributed by atoms with Crippen LogP contribution in [0, 0.1) is 23.7 Å². The first-order chi connectivity index (χ1) is 10.8. The SMILES string of the molecule is CC(CCCCC(O)C(C=O)CO)CC(C)CC(C)CC(=O)O. The Morgan fingerprint density at radius 2 is 1.57 bits per heavy atom. The molecule has 0 heterocycles. The van der Waals surface area contributed by atoms with Gasteiger partial charge < -0.3 is 20.1 Å². The van der Waals surface area contributed by atoms with Crippen LogP contribution >= 0.6 is 0 Å². The quantitative estimate of drug-likeness (QED) is 0.336. The summed E-state index contributed by atoms with van der Waals surface area (Å²) in [4.78, 5) is 21.3. The number of aliphatic carboxylic acids is 1. The van der Waals surface area contributed by atoms with E-state index in [1.165, 1.54) is 0 Å². The molecule has 0 aromatic heterocycles. The van der Waals surface area contributed by atoms with E-state index in [4.69, 9.17) is 10.2 Å². The zero-order chi connectivity index (χ0) is 17.8. The second-order valence-corrected chi connectivity index (χ2v) is 7.22. The number of unbranched alkanes of at least 4 members (excludes halogenated alkanes) is 1. The van der Waals surface area contributed by atoms with Gasteiger partial charge in [0.05, 0.1) is 18.6 Å². The molecule has 0 amide bonds. The smallest absolute Gasteiger partial charge is 0.303 e. The first-order valence-electron chi connectivity index (χ1n) is 8.76. The van der Waals surface area contributed by atoms with Crippen molar-refractivity contribution in [1.82, 2.24) is 0 Å². The highest BCUT2D eigenvalue weighted by atomic mass is 16.4. The van der Waals surface area contributed by atoms with E-state index in [-0.39, 0.29) is 18.9 Å². The fraction of sp³-hybridized carbons (Fsp3) is 0.889. The fourth-order valence-electron chi connectivity index (χ4n) is 3.29. The molecule has 23 heavy (non-hydrogen) atoms. The summed E-state index contributed by atoms with van der Waals surface area (Å²) in [5.41, 5.74) is 0. The highest BCUT2D eigenvalue weighted by molar-refractivity contribution is 5.66. The summed E-state index contributed by atoms with van der Waals surface area (Å²) in [6, 6.07) is 0. The van der Waals surface area contributed by atoms with Gasteiger partial charge in [-0.2, -0.15) is 0 Å². The van der Waals surface area contributed by atoms with Crippen LogP contribution in [0.5, 0.6) is 0 Å². The van der Waals surface area contributed by atoms with Gasteiger partial charge in [0.2, 0.25) is 0 Å². The predicted octanol–water partition coefficient (Wildman–Crippen LogP) is 2.88. The number of carbonyl (C=O) groups excluding carboxylic acids is 1. The van der Waals surface area contributed by atoms with Gasteiger partial charge in [-0.15, -0.1) is 0 Å². The molecule has 0 fully saturated rings. The molecule has 0 spiro atoms. The van der Waals surface area contributed by atoms with E-state index in [0.717, 1.165) is 32.1 Å². The molecule has 5 heteroatoms. The highest BCUT2D eigenvalue weighted by Crippen LogP contribution is 2.24. The normalized spacial score (nSPS) is 18.0. The van der Waals surface area contributed by atoms with Crippen LogP contribution < -0.4 is 0 Å². The van der Waals surface area contributed by atoms with Gasteiger partial charge >= 0.3 is 5.97 Å². The van der Waals surface area contributed by atoms with Crippen molar-refractivity contribution in [3.63, 3.8) is 0 Å². The van der Waals surface area contributed by atoms with Crippen molar-refractivity contribution in [2.24, 2.45) is 23.7 Å². The van der Waals surface area contributed by atoms with Gasteiger partial charge in [0, 0.05) is 6.42 Å². The molecule has 0 aromatic carbocycles. The Hall–Kier alpha value is -0.940. The van der Waals surface area contributed by atoms with Crippen LogP contribution in [0.2, 0.25) is 0 Å². The number of aldehydes is 1. The molecule has 5 atom stereocenters. The number of carbonyl (C=O) groups is 2. The summed E-state index contributed by atoms with van der Waals surface area (Å²) in [7, 11) is 0. The lowest BCUT2D eigenvalue weighted by molar-refractivity contribution is -0.138. The van der Waals surface area contributed by atoms with Crippen LogP contribution in [0.3, 0.4) is 0 Å². The lowest BCUT2D eigenvalue weighted by Crippen LogP contribution is -2.24. The van der Waals surface area contributed by atoms with Crippen LogP contribution in [0.25, 0.3) is 0 Å². The third-order valence-electron chi connectivity index (χ3n) is 4.46. The Labute approximate surface area is 140 Å². The van der Waals surface area contributed by atoms with Crippen LogP contribution in [0.15, 0.2) is 0 Å². The first-order valence-corrected chi connectivity index (χ1v) is 8.76. The van der Waals surface area contributed by atoms with Crippen molar-refractivity contribution < 1.29 is 24.9 Å². The van der Waals surface area contributed by atoms with Gasteiger partial charge in [0.15, 0.2) is 0 Å². The number of hydrogen-bond acceptors (Lipinski definition) is 4. The van der Waals surface area contributed by atoms with Crippen molar-refractivity contribution >= 4 is 12.3 Å². The van der Waals surface area contributed by atoms with E-state index in [9.17, 15) is 14.7 Å². The molecule has 0 saturated heterocycles. The van der Waals surface area contributed by atoms with Gasteiger partial charge in [0.25, 0.3) is 0 Å². The fourth-order valence-corrected chi connectivity index (χ4v) is 3.29. The second-order valence-electron chi connectivity index (χ2n) is 7.22. The molecule has 0 bridgehead atoms. The van der Waals surface area contributed by atoms with E-state index in [2.05, 4.69) is 13.8 Å². The molecule has 0 saturated carbocycles. The molecule has 0 aliphatic rings.